The summed E-state index contributed by atoms with van der Waals surface area (Å²) in [7, 11) is 0. The van der Waals surface area contributed by atoms with Crippen molar-refractivity contribution in [1.29, 1.82) is 0 Å². The average Bonchev–Trinajstić information content (AvgIpc) is 2.49. The molecular weight excluding hydrogens is 322 g/mol. The molecule has 3 aromatic rings. The summed E-state index contributed by atoms with van der Waals surface area (Å²) >= 11 is 3.49. The van der Waals surface area contributed by atoms with Crippen molar-refractivity contribution in [3.63, 3.8) is 0 Å². The molecule has 0 saturated heterocycles. The van der Waals surface area contributed by atoms with Crippen molar-refractivity contribution in [3.05, 3.63) is 83.4 Å². The third-order valence-corrected chi connectivity index (χ3v) is 4.34. The molecule has 100 valence electrons. The van der Waals surface area contributed by atoms with E-state index in [0.29, 0.717) is 5.56 Å². The molecule has 0 spiro atoms. The van der Waals surface area contributed by atoms with E-state index in [2.05, 4.69) is 15.9 Å². The molecule has 3 heteroatoms. The minimum absolute atomic E-state index is 0.307. The van der Waals surface area contributed by atoms with Crippen molar-refractivity contribution in [2.24, 2.45) is 0 Å². The summed E-state index contributed by atoms with van der Waals surface area (Å²) in [4.78, 5) is -0.385. The lowest BCUT2D eigenvalue weighted by atomic mass is 9.98. The first-order chi connectivity index (χ1) is 9.68. The molecule has 20 heavy (non-hydrogen) atoms. The molecular formula is C17H11BrF2. The van der Waals surface area contributed by atoms with Crippen LogP contribution in [-0.2, 0) is 0 Å². The van der Waals surface area contributed by atoms with E-state index in [4.69, 9.17) is 0 Å². The summed E-state index contributed by atoms with van der Waals surface area (Å²) in [5.41, 5.74) is 1.23. The van der Waals surface area contributed by atoms with Gasteiger partial charge in [0.05, 0.1) is 4.83 Å². The molecule has 0 bridgehead atoms. The van der Waals surface area contributed by atoms with Crippen LogP contribution < -0.4 is 0 Å². The van der Waals surface area contributed by atoms with Gasteiger partial charge >= 0.3 is 0 Å². The molecule has 0 fully saturated rings. The highest BCUT2D eigenvalue weighted by Crippen LogP contribution is 2.36. The Kier molecular flexibility index (Phi) is 3.53. The van der Waals surface area contributed by atoms with Crippen molar-refractivity contribution in [1.82, 2.24) is 0 Å². The molecule has 3 rings (SSSR count). The normalized spacial score (nSPS) is 12.6. The second-order valence-corrected chi connectivity index (χ2v) is 5.49. The molecule has 0 aromatic heterocycles. The van der Waals surface area contributed by atoms with Crippen LogP contribution in [0.25, 0.3) is 10.8 Å². The molecule has 1 unspecified atom stereocenters. The van der Waals surface area contributed by atoms with Crippen molar-refractivity contribution < 1.29 is 8.78 Å². The van der Waals surface area contributed by atoms with Crippen LogP contribution in [0.15, 0.2) is 60.7 Å². The van der Waals surface area contributed by atoms with Gasteiger partial charge in [0.2, 0.25) is 0 Å². The molecule has 0 aliphatic heterocycles. The van der Waals surface area contributed by atoms with Gasteiger partial charge in [-0.25, -0.2) is 8.78 Å². The highest BCUT2D eigenvalue weighted by Gasteiger charge is 2.18. The van der Waals surface area contributed by atoms with E-state index in [1.807, 2.05) is 42.5 Å². The molecule has 3 aromatic carbocycles. The van der Waals surface area contributed by atoms with Crippen LogP contribution in [0.4, 0.5) is 8.78 Å². The molecule has 0 nitrogen and oxygen atoms in total. The Hall–Kier alpha value is -1.74. The lowest BCUT2D eigenvalue weighted by Gasteiger charge is -2.14. The zero-order chi connectivity index (χ0) is 14.1. The fourth-order valence-corrected chi connectivity index (χ4v) is 3.11. The molecule has 0 heterocycles. The zero-order valence-corrected chi connectivity index (χ0v) is 12.1. The minimum atomic E-state index is -0.827. The molecule has 0 amide bonds. The summed E-state index contributed by atoms with van der Waals surface area (Å²) in [5, 5.41) is 2.10. The average molecular weight is 333 g/mol. The molecule has 0 aliphatic rings. The van der Waals surface area contributed by atoms with Gasteiger partial charge in [0.25, 0.3) is 0 Å². The largest absolute Gasteiger partial charge is 0.204 e. The van der Waals surface area contributed by atoms with Gasteiger partial charge in [-0.05, 0) is 22.4 Å². The fraction of sp³-hybridized carbons (Fsp3) is 0.0588. The third kappa shape index (κ3) is 2.22. The van der Waals surface area contributed by atoms with Gasteiger partial charge in [0.15, 0.2) is 11.6 Å². The Balaban J connectivity index is 2.18. The molecule has 0 saturated carbocycles. The maximum Gasteiger partial charge on any atom is 0.163 e. The van der Waals surface area contributed by atoms with Crippen LogP contribution >= 0.6 is 15.9 Å². The van der Waals surface area contributed by atoms with Gasteiger partial charge in [0.1, 0.15) is 0 Å². The van der Waals surface area contributed by atoms with Crippen LogP contribution in [0.2, 0.25) is 0 Å². The number of hydrogen-bond donors (Lipinski definition) is 0. The second kappa shape index (κ2) is 5.33. The Morgan fingerprint density at radius 2 is 1.40 bits per heavy atom. The topological polar surface area (TPSA) is 0 Å². The monoisotopic (exact) mass is 332 g/mol. The summed E-state index contributed by atoms with van der Waals surface area (Å²) in [6.07, 6.45) is 0. The maximum atomic E-state index is 13.9. The quantitative estimate of drug-likeness (QED) is 0.535. The summed E-state index contributed by atoms with van der Waals surface area (Å²) in [5.74, 6) is -1.63. The second-order valence-electron chi connectivity index (χ2n) is 4.57. The van der Waals surface area contributed by atoms with Crippen LogP contribution in [0.3, 0.4) is 0 Å². The number of fused-ring (bicyclic) bond motifs is 1. The van der Waals surface area contributed by atoms with E-state index in [-0.39, 0.29) is 4.83 Å². The zero-order valence-electron chi connectivity index (χ0n) is 10.5. The van der Waals surface area contributed by atoms with Gasteiger partial charge in [-0.3, -0.25) is 0 Å². The Morgan fingerprint density at radius 1 is 0.750 bits per heavy atom. The van der Waals surface area contributed by atoms with Gasteiger partial charge in [0, 0.05) is 5.56 Å². The maximum absolute atomic E-state index is 13.9. The number of benzene rings is 3. The molecule has 0 aliphatic carbocycles. The summed E-state index contributed by atoms with van der Waals surface area (Å²) < 4.78 is 27.3. The van der Waals surface area contributed by atoms with Gasteiger partial charge < -0.3 is 0 Å². The van der Waals surface area contributed by atoms with Gasteiger partial charge in [-0.15, -0.1) is 0 Å². The van der Waals surface area contributed by atoms with Crippen molar-refractivity contribution in [2.75, 3.05) is 0 Å². The van der Waals surface area contributed by atoms with Crippen molar-refractivity contribution >= 4 is 26.7 Å². The van der Waals surface area contributed by atoms with Crippen LogP contribution in [0, 0.1) is 11.6 Å². The standard InChI is InChI=1S/C17H11BrF2/c18-16(14-9-4-10-15(19)17(14)20)13-8-3-6-11-5-1-2-7-12(11)13/h1-10,16H. The van der Waals surface area contributed by atoms with Gasteiger partial charge in [-0.1, -0.05) is 70.5 Å². The predicted molar refractivity (Wildman–Crippen MR) is 81.1 cm³/mol. The first kappa shape index (κ1) is 13.3. The van der Waals surface area contributed by atoms with Gasteiger partial charge in [-0.2, -0.15) is 0 Å². The Morgan fingerprint density at radius 3 is 2.25 bits per heavy atom. The highest BCUT2D eigenvalue weighted by molar-refractivity contribution is 9.09. The predicted octanol–water partition coefficient (Wildman–Crippen LogP) is 5.60. The number of hydrogen-bond acceptors (Lipinski definition) is 0. The molecule has 0 radical (unpaired) electrons. The number of alkyl halides is 1. The van der Waals surface area contributed by atoms with Crippen LogP contribution in [0.5, 0.6) is 0 Å². The van der Waals surface area contributed by atoms with Crippen LogP contribution in [0.1, 0.15) is 16.0 Å². The van der Waals surface area contributed by atoms with E-state index >= 15 is 0 Å². The summed E-state index contributed by atoms with van der Waals surface area (Å²) in [6.45, 7) is 0. The van der Waals surface area contributed by atoms with Crippen LogP contribution in [-0.4, -0.2) is 0 Å². The Labute approximate surface area is 124 Å². The highest BCUT2D eigenvalue weighted by atomic mass is 79.9. The lowest BCUT2D eigenvalue weighted by molar-refractivity contribution is 0.500. The fourth-order valence-electron chi connectivity index (χ4n) is 2.36. The first-order valence-electron chi connectivity index (χ1n) is 6.24. The van der Waals surface area contributed by atoms with E-state index in [1.54, 1.807) is 6.07 Å². The van der Waals surface area contributed by atoms with E-state index in [9.17, 15) is 8.78 Å². The van der Waals surface area contributed by atoms with E-state index in [0.717, 1.165) is 22.4 Å². The van der Waals surface area contributed by atoms with Crippen molar-refractivity contribution in [3.8, 4) is 0 Å². The van der Waals surface area contributed by atoms with Crippen molar-refractivity contribution in [2.45, 2.75) is 4.83 Å². The molecule has 1 atom stereocenters. The van der Waals surface area contributed by atoms with E-state index in [1.165, 1.54) is 6.07 Å². The number of halogens is 3. The SMILES string of the molecule is Fc1cccc(C(Br)c2cccc3ccccc23)c1F. The number of rotatable bonds is 2. The minimum Gasteiger partial charge on any atom is -0.204 e. The first-order valence-corrected chi connectivity index (χ1v) is 7.15. The third-order valence-electron chi connectivity index (χ3n) is 3.35. The lowest BCUT2D eigenvalue weighted by Crippen LogP contribution is -1.99. The smallest absolute Gasteiger partial charge is 0.163 e. The Bertz CT molecular complexity index is 763. The van der Waals surface area contributed by atoms with E-state index < -0.39 is 11.6 Å². The summed E-state index contributed by atoms with van der Waals surface area (Å²) in [6, 6.07) is 18.0. The molecule has 0 N–H and O–H groups in total.